The van der Waals surface area contributed by atoms with E-state index in [0.717, 1.165) is 32.4 Å². The molecule has 3 N–H and O–H groups in total. The molecule has 0 aromatic rings. The van der Waals surface area contributed by atoms with E-state index in [9.17, 15) is 5.11 Å². The second-order valence-corrected chi connectivity index (χ2v) is 5.16. The molecule has 1 aliphatic heterocycles. The van der Waals surface area contributed by atoms with Gasteiger partial charge in [0.15, 0.2) is 0 Å². The summed E-state index contributed by atoms with van der Waals surface area (Å²) < 4.78 is 0. The molecule has 0 aromatic carbocycles. The van der Waals surface area contributed by atoms with Crippen molar-refractivity contribution in [1.29, 1.82) is 0 Å². The second kappa shape index (κ2) is 5.77. The maximum atomic E-state index is 9.49. The number of aliphatic hydroxyl groups is 1. The van der Waals surface area contributed by atoms with Crippen LogP contribution >= 0.6 is 12.2 Å². The van der Waals surface area contributed by atoms with Crippen molar-refractivity contribution in [3.8, 4) is 0 Å². The SMILES string of the molecule is CC(O)C1CCN(C(C)CC(N)=S)CC1. The lowest BCUT2D eigenvalue weighted by Gasteiger charge is -2.36. The fraction of sp³-hybridized carbons (Fsp3) is 0.909. The summed E-state index contributed by atoms with van der Waals surface area (Å²) in [4.78, 5) is 3.01. The first kappa shape index (κ1) is 12.9. The van der Waals surface area contributed by atoms with E-state index < -0.39 is 0 Å². The number of hydrogen-bond acceptors (Lipinski definition) is 3. The van der Waals surface area contributed by atoms with E-state index >= 15 is 0 Å². The number of piperidine rings is 1. The van der Waals surface area contributed by atoms with Gasteiger partial charge in [-0.15, -0.1) is 0 Å². The molecule has 0 bridgehead atoms. The van der Waals surface area contributed by atoms with Crippen molar-refractivity contribution in [3.05, 3.63) is 0 Å². The topological polar surface area (TPSA) is 49.5 Å². The van der Waals surface area contributed by atoms with Gasteiger partial charge in [0.1, 0.15) is 0 Å². The minimum absolute atomic E-state index is 0.168. The molecular weight excluding hydrogens is 208 g/mol. The summed E-state index contributed by atoms with van der Waals surface area (Å²) in [5, 5.41) is 9.49. The molecule has 3 nitrogen and oxygen atoms in total. The number of rotatable bonds is 4. The normalized spacial score (nSPS) is 23.7. The average molecular weight is 230 g/mol. The molecule has 15 heavy (non-hydrogen) atoms. The highest BCUT2D eigenvalue weighted by Gasteiger charge is 2.25. The summed E-state index contributed by atoms with van der Waals surface area (Å²) in [6.07, 6.45) is 2.80. The molecule has 1 fully saturated rings. The Balaban J connectivity index is 2.33. The van der Waals surface area contributed by atoms with Gasteiger partial charge >= 0.3 is 0 Å². The minimum Gasteiger partial charge on any atom is -0.393 e. The minimum atomic E-state index is -0.168. The van der Waals surface area contributed by atoms with Crippen molar-refractivity contribution in [2.45, 2.75) is 45.3 Å². The van der Waals surface area contributed by atoms with Gasteiger partial charge in [-0.05, 0) is 45.7 Å². The molecule has 1 aliphatic rings. The van der Waals surface area contributed by atoms with E-state index in [4.69, 9.17) is 18.0 Å². The molecular formula is C11H22N2OS. The van der Waals surface area contributed by atoms with E-state index in [1.165, 1.54) is 0 Å². The molecule has 0 spiro atoms. The molecule has 88 valence electrons. The zero-order valence-electron chi connectivity index (χ0n) is 9.65. The smallest absolute Gasteiger partial charge is 0.0742 e. The highest BCUT2D eigenvalue weighted by molar-refractivity contribution is 7.80. The van der Waals surface area contributed by atoms with Crippen molar-refractivity contribution in [1.82, 2.24) is 4.90 Å². The lowest BCUT2D eigenvalue weighted by molar-refractivity contribution is 0.0599. The predicted molar refractivity (Wildman–Crippen MR) is 66.8 cm³/mol. The molecule has 0 radical (unpaired) electrons. The van der Waals surface area contributed by atoms with Gasteiger partial charge in [0.05, 0.1) is 11.1 Å². The van der Waals surface area contributed by atoms with Crippen LogP contribution in [0.15, 0.2) is 0 Å². The third kappa shape index (κ3) is 4.05. The van der Waals surface area contributed by atoms with Gasteiger partial charge in [-0.1, -0.05) is 12.2 Å². The molecule has 1 heterocycles. The first-order valence-corrected chi connectivity index (χ1v) is 6.12. The van der Waals surface area contributed by atoms with Crippen molar-refractivity contribution in [2.24, 2.45) is 11.7 Å². The highest BCUT2D eigenvalue weighted by Crippen LogP contribution is 2.22. The second-order valence-electron chi connectivity index (χ2n) is 4.63. The van der Waals surface area contributed by atoms with E-state index in [0.29, 0.717) is 16.9 Å². The number of likely N-dealkylation sites (tertiary alicyclic amines) is 1. The Morgan fingerprint density at radius 3 is 2.40 bits per heavy atom. The Labute approximate surface area is 97.6 Å². The van der Waals surface area contributed by atoms with Crippen LogP contribution < -0.4 is 5.73 Å². The molecule has 4 heteroatoms. The summed E-state index contributed by atoms with van der Waals surface area (Å²) >= 11 is 4.92. The molecule has 0 saturated carbocycles. The summed E-state index contributed by atoms with van der Waals surface area (Å²) in [6.45, 7) is 6.17. The summed E-state index contributed by atoms with van der Waals surface area (Å²) in [6, 6.07) is 0.442. The van der Waals surface area contributed by atoms with Gasteiger partial charge in [0, 0.05) is 12.5 Å². The third-order valence-electron chi connectivity index (χ3n) is 3.38. The Bertz CT molecular complexity index is 213. The summed E-state index contributed by atoms with van der Waals surface area (Å²) in [7, 11) is 0. The number of aliphatic hydroxyl groups excluding tert-OH is 1. The molecule has 0 aromatic heterocycles. The summed E-state index contributed by atoms with van der Waals surface area (Å²) in [5.74, 6) is 0.471. The number of thiocarbonyl (C=S) groups is 1. The van der Waals surface area contributed by atoms with Crippen LogP contribution in [0.2, 0.25) is 0 Å². The lowest BCUT2D eigenvalue weighted by atomic mass is 9.91. The first-order chi connectivity index (χ1) is 7.00. The zero-order valence-corrected chi connectivity index (χ0v) is 10.5. The van der Waals surface area contributed by atoms with Crippen LogP contribution in [-0.2, 0) is 0 Å². The predicted octanol–water partition coefficient (Wildman–Crippen LogP) is 1.14. The van der Waals surface area contributed by atoms with Crippen molar-refractivity contribution >= 4 is 17.2 Å². The lowest BCUT2D eigenvalue weighted by Crippen LogP contribution is -2.43. The molecule has 0 amide bonds. The number of nitrogens with two attached hydrogens (primary N) is 1. The number of nitrogens with zero attached hydrogens (tertiary/aromatic N) is 1. The zero-order chi connectivity index (χ0) is 11.4. The first-order valence-electron chi connectivity index (χ1n) is 5.71. The van der Waals surface area contributed by atoms with Gasteiger partial charge in [-0.2, -0.15) is 0 Å². The van der Waals surface area contributed by atoms with Crippen LogP contribution in [0.1, 0.15) is 33.1 Å². The van der Waals surface area contributed by atoms with Crippen LogP contribution in [0.3, 0.4) is 0 Å². The fourth-order valence-electron chi connectivity index (χ4n) is 2.26. The summed E-state index contributed by atoms with van der Waals surface area (Å²) in [5.41, 5.74) is 5.54. The monoisotopic (exact) mass is 230 g/mol. The van der Waals surface area contributed by atoms with Gasteiger partial charge in [0.2, 0.25) is 0 Å². The highest BCUT2D eigenvalue weighted by atomic mass is 32.1. The average Bonchev–Trinajstić information content (AvgIpc) is 2.17. The van der Waals surface area contributed by atoms with Crippen molar-refractivity contribution in [3.63, 3.8) is 0 Å². The van der Waals surface area contributed by atoms with Gasteiger partial charge < -0.3 is 15.7 Å². The van der Waals surface area contributed by atoms with Gasteiger partial charge in [-0.3, -0.25) is 0 Å². The third-order valence-corrected chi connectivity index (χ3v) is 3.54. The Morgan fingerprint density at radius 2 is 2.00 bits per heavy atom. The molecule has 1 rings (SSSR count). The molecule has 0 aliphatic carbocycles. The van der Waals surface area contributed by atoms with Crippen LogP contribution in [-0.4, -0.2) is 40.2 Å². The largest absolute Gasteiger partial charge is 0.393 e. The van der Waals surface area contributed by atoms with Crippen LogP contribution in [0.5, 0.6) is 0 Å². The Hall–Kier alpha value is -0.190. The maximum Gasteiger partial charge on any atom is 0.0742 e. The quantitative estimate of drug-likeness (QED) is 0.711. The van der Waals surface area contributed by atoms with Crippen molar-refractivity contribution < 1.29 is 5.11 Å². The fourth-order valence-corrected chi connectivity index (χ4v) is 2.50. The molecule has 2 unspecified atom stereocenters. The van der Waals surface area contributed by atoms with Gasteiger partial charge in [-0.25, -0.2) is 0 Å². The van der Waals surface area contributed by atoms with E-state index in [1.807, 2.05) is 6.92 Å². The Morgan fingerprint density at radius 1 is 1.47 bits per heavy atom. The van der Waals surface area contributed by atoms with Gasteiger partial charge in [0.25, 0.3) is 0 Å². The molecule has 1 saturated heterocycles. The Kier molecular flexibility index (Phi) is 4.96. The number of hydrogen-bond donors (Lipinski definition) is 2. The van der Waals surface area contributed by atoms with E-state index in [-0.39, 0.29) is 6.10 Å². The van der Waals surface area contributed by atoms with Crippen LogP contribution in [0.25, 0.3) is 0 Å². The van der Waals surface area contributed by atoms with Crippen LogP contribution in [0.4, 0.5) is 0 Å². The standard InChI is InChI=1S/C11H22N2OS/c1-8(7-11(12)15)13-5-3-10(4-6-13)9(2)14/h8-10,14H,3-7H2,1-2H3,(H2,12,15). The molecule has 2 atom stereocenters. The van der Waals surface area contributed by atoms with Crippen LogP contribution in [0, 0.1) is 5.92 Å². The van der Waals surface area contributed by atoms with E-state index in [1.54, 1.807) is 0 Å². The van der Waals surface area contributed by atoms with Crippen molar-refractivity contribution in [2.75, 3.05) is 13.1 Å². The maximum absolute atomic E-state index is 9.49. The van der Waals surface area contributed by atoms with E-state index in [2.05, 4.69) is 11.8 Å².